The summed E-state index contributed by atoms with van der Waals surface area (Å²) >= 11 is 5.33. The van der Waals surface area contributed by atoms with Gasteiger partial charge in [0, 0.05) is 19.8 Å². The van der Waals surface area contributed by atoms with E-state index >= 15 is 0 Å². The number of nitro benzene ring substituents is 1. The van der Waals surface area contributed by atoms with E-state index in [1.165, 1.54) is 6.07 Å². The van der Waals surface area contributed by atoms with Gasteiger partial charge >= 0.3 is 5.69 Å². The fraction of sp³-hybridized carbons (Fsp3) is 0. The van der Waals surface area contributed by atoms with Crippen molar-refractivity contribution in [1.82, 2.24) is 0 Å². The molecule has 5 nitrogen and oxygen atoms in total. The number of hydrogen-bond donors (Lipinski definition) is 1. The summed E-state index contributed by atoms with van der Waals surface area (Å²) in [4.78, 5) is 22.0. The molecular formula is C13H7BrFIN2O3. The molecule has 0 atom stereocenters. The Labute approximate surface area is 141 Å². The van der Waals surface area contributed by atoms with E-state index in [0.717, 1.165) is 15.7 Å². The SMILES string of the molecule is O=C(Nc1ccc(F)c([N+](=O)[O-])c1)c1cc(I)ccc1Br. The van der Waals surface area contributed by atoms with E-state index in [1.54, 1.807) is 12.1 Å². The van der Waals surface area contributed by atoms with Crippen molar-refractivity contribution in [3.63, 3.8) is 0 Å². The van der Waals surface area contributed by atoms with Crippen LogP contribution in [0.15, 0.2) is 40.9 Å². The Morgan fingerprint density at radius 1 is 1.29 bits per heavy atom. The molecule has 0 aliphatic rings. The average Bonchev–Trinajstić information content (AvgIpc) is 2.43. The quantitative estimate of drug-likeness (QED) is 0.417. The Morgan fingerprint density at radius 2 is 2.00 bits per heavy atom. The highest BCUT2D eigenvalue weighted by Gasteiger charge is 2.16. The molecule has 0 heterocycles. The molecule has 0 fully saturated rings. The van der Waals surface area contributed by atoms with Crippen LogP contribution in [0.1, 0.15) is 10.4 Å². The van der Waals surface area contributed by atoms with E-state index in [1.807, 2.05) is 6.07 Å². The van der Waals surface area contributed by atoms with Gasteiger partial charge in [0.1, 0.15) is 0 Å². The normalized spacial score (nSPS) is 10.2. The van der Waals surface area contributed by atoms with Gasteiger partial charge in [0.15, 0.2) is 0 Å². The van der Waals surface area contributed by atoms with Gasteiger partial charge in [-0.05, 0) is 68.9 Å². The van der Waals surface area contributed by atoms with Crippen LogP contribution in [-0.2, 0) is 0 Å². The van der Waals surface area contributed by atoms with Gasteiger partial charge in [0.05, 0.1) is 10.5 Å². The second kappa shape index (κ2) is 6.48. The summed E-state index contributed by atoms with van der Waals surface area (Å²) in [5.41, 5.74) is -0.151. The van der Waals surface area contributed by atoms with E-state index < -0.39 is 22.3 Å². The van der Waals surface area contributed by atoms with Gasteiger partial charge in [-0.25, -0.2) is 0 Å². The molecule has 2 aromatic rings. The van der Waals surface area contributed by atoms with Crippen molar-refractivity contribution in [2.45, 2.75) is 0 Å². The van der Waals surface area contributed by atoms with Crippen molar-refractivity contribution in [2.75, 3.05) is 5.32 Å². The molecular weight excluding hydrogens is 458 g/mol. The number of carbonyl (C=O) groups is 1. The van der Waals surface area contributed by atoms with Crippen LogP contribution in [0, 0.1) is 19.5 Å². The monoisotopic (exact) mass is 464 g/mol. The second-order valence-corrected chi connectivity index (χ2v) is 6.10. The van der Waals surface area contributed by atoms with Crippen LogP contribution in [0.3, 0.4) is 0 Å². The summed E-state index contributed by atoms with van der Waals surface area (Å²) in [5, 5.41) is 13.2. The smallest absolute Gasteiger partial charge is 0.306 e. The Morgan fingerprint density at radius 3 is 2.67 bits per heavy atom. The van der Waals surface area contributed by atoms with Gasteiger partial charge in [-0.3, -0.25) is 14.9 Å². The minimum atomic E-state index is -0.951. The third kappa shape index (κ3) is 3.76. The number of nitrogens with zero attached hydrogens (tertiary/aromatic N) is 1. The molecule has 8 heteroatoms. The first-order valence-corrected chi connectivity index (χ1v) is 7.46. The number of rotatable bonds is 3. The molecule has 21 heavy (non-hydrogen) atoms. The molecule has 1 N–H and O–H groups in total. The third-order valence-electron chi connectivity index (χ3n) is 2.57. The molecule has 0 bridgehead atoms. The second-order valence-electron chi connectivity index (χ2n) is 4.00. The molecule has 0 aliphatic carbocycles. The standard InChI is InChI=1S/C13H7BrFIN2O3/c14-10-3-1-7(16)5-9(10)13(19)17-8-2-4-11(15)12(6-8)18(20)21/h1-6H,(H,17,19). The first-order chi connectivity index (χ1) is 9.88. The van der Waals surface area contributed by atoms with Crippen molar-refractivity contribution >= 4 is 55.8 Å². The molecule has 108 valence electrons. The van der Waals surface area contributed by atoms with Crippen molar-refractivity contribution in [1.29, 1.82) is 0 Å². The molecule has 2 aromatic carbocycles. The van der Waals surface area contributed by atoms with Crippen molar-refractivity contribution < 1.29 is 14.1 Å². The van der Waals surface area contributed by atoms with E-state index in [0.29, 0.717) is 10.0 Å². The Balaban J connectivity index is 2.29. The molecule has 0 saturated carbocycles. The number of nitrogens with one attached hydrogen (secondary N) is 1. The highest BCUT2D eigenvalue weighted by molar-refractivity contribution is 14.1. The fourth-order valence-electron chi connectivity index (χ4n) is 1.60. The van der Waals surface area contributed by atoms with Crippen molar-refractivity contribution in [3.8, 4) is 0 Å². The summed E-state index contributed by atoms with van der Waals surface area (Å²) in [7, 11) is 0. The lowest BCUT2D eigenvalue weighted by Gasteiger charge is -2.07. The lowest BCUT2D eigenvalue weighted by Crippen LogP contribution is -2.13. The molecule has 0 spiro atoms. The first-order valence-electron chi connectivity index (χ1n) is 5.59. The molecule has 0 aliphatic heterocycles. The van der Waals surface area contributed by atoms with E-state index in [4.69, 9.17) is 0 Å². The summed E-state index contributed by atoms with van der Waals surface area (Å²) in [6, 6.07) is 8.40. The van der Waals surface area contributed by atoms with Crippen LogP contribution in [0.25, 0.3) is 0 Å². The summed E-state index contributed by atoms with van der Waals surface area (Å²) in [5.74, 6) is -1.39. The Kier molecular flexibility index (Phi) is 4.88. The first kappa shape index (κ1) is 15.8. The largest absolute Gasteiger partial charge is 0.322 e. The van der Waals surface area contributed by atoms with Gasteiger partial charge in [0.2, 0.25) is 5.82 Å². The predicted octanol–water partition coefficient (Wildman–Crippen LogP) is 4.35. The van der Waals surface area contributed by atoms with E-state index in [-0.39, 0.29) is 5.69 Å². The van der Waals surface area contributed by atoms with Gasteiger partial charge in [-0.2, -0.15) is 4.39 Å². The predicted molar refractivity (Wildman–Crippen MR) is 87.9 cm³/mol. The number of benzene rings is 2. The van der Waals surface area contributed by atoms with Gasteiger partial charge in [0.25, 0.3) is 5.91 Å². The summed E-state index contributed by atoms with van der Waals surface area (Å²) < 4.78 is 14.7. The Bertz CT molecular complexity index is 739. The lowest BCUT2D eigenvalue weighted by atomic mass is 10.2. The van der Waals surface area contributed by atoms with Crippen LogP contribution in [0.2, 0.25) is 0 Å². The molecule has 0 radical (unpaired) electrons. The number of amides is 1. The minimum Gasteiger partial charge on any atom is -0.322 e. The zero-order chi connectivity index (χ0) is 15.6. The van der Waals surface area contributed by atoms with Crippen LogP contribution < -0.4 is 5.32 Å². The maximum atomic E-state index is 13.2. The molecule has 0 unspecified atom stereocenters. The molecule has 2 rings (SSSR count). The number of carbonyl (C=O) groups excluding carboxylic acids is 1. The topological polar surface area (TPSA) is 72.2 Å². The molecule has 0 saturated heterocycles. The van der Waals surface area contributed by atoms with Crippen LogP contribution in [0.5, 0.6) is 0 Å². The van der Waals surface area contributed by atoms with Crippen molar-refractivity contribution in [3.05, 3.63) is 65.9 Å². The zero-order valence-electron chi connectivity index (χ0n) is 10.3. The summed E-state index contributed by atoms with van der Waals surface area (Å²) in [6.07, 6.45) is 0. The number of hydrogen-bond acceptors (Lipinski definition) is 3. The Hall–Kier alpha value is -1.55. The zero-order valence-corrected chi connectivity index (χ0v) is 14.0. The highest BCUT2D eigenvalue weighted by Crippen LogP contribution is 2.24. The van der Waals surface area contributed by atoms with Crippen molar-refractivity contribution in [2.24, 2.45) is 0 Å². The highest BCUT2D eigenvalue weighted by atomic mass is 127. The number of halogens is 3. The minimum absolute atomic E-state index is 0.152. The van der Waals surface area contributed by atoms with Crippen LogP contribution in [0.4, 0.5) is 15.8 Å². The van der Waals surface area contributed by atoms with E-state index in [9.17, 15) is 19.3 Å². The van der Waals surface area contributed by atoms with Crippen LogP contribution in [-0.4, -0.2) is 10.8 Å². The average molecular weight is 465 g/mol. The van der Waals surface area contributed by atoms with Crippen LogP contribution >= 0.6 is 38.5 Å². The summed E-state index contributed by atoms with van der Waals surface area (Å²) in [6.45, 7) is 0. The maximum absolute atomic E-state index is 13.2. The lowest BCUT2D eigenvalue weighted by molar-refractivity contribution is -0.387. The number of anilines is 1. The van der Waals surface area contributed by atoms with Gasteiger partial charge in [-0.15, -0.1) is 0 Å². The fourth-order valence-corrected chi connectivity index (χ4v) is 2.52. The van der Waals surface area contributed by atoms with Gasteiger partial charge in [-0.1, -0.05) is 0 Å². The molecule has 0 aromatic heterocycles. The maximum Gasteiger partial charge on any atom is 0.306 e. The molecule has 1 amide bonds. The third-order valence-corrected chi connectivity index (χ3v) is 3.94. The van der Waals surface area contributed by atoms with Gasteiger partial charge < -0.3 is 5.32 Å². The number of nitro groups is 1. The van der Waals surface area contributed by atoms with E-state index in [2.05, 4.69) is 43.8 Å².